The van der Waals surface area contributed by atoms with E-state index in [1.54, 1.807) is 52.0 Å². The second-order valence-corrected chi connectivity index (χ2v) is 13.8. The molecule has 2 aromatic rings. The lowest BCUT2D eigenvalue weighted by Gasteiger charge is -2.29. The molecule has 16 heteroatoms. The highest BCUT2D eigenvalue weighted by molar-refractivity contribution is 5.96. The van der Waals surface area contributed by atoms with Gasteiger partial charge in [0.15, 0.2) is 0 Å². The minimum absolute atomic E-state index is 0.0119. The number of carboxylic acid groups (broad SMARTS) is 1. The van der Waals surface area contributed by atoms with Gasteiger partial charge >= 0.3 is 5.97 Å². The average Bonchev–Trinajstić information content (AvgIpc) is 3.10. The van der Waals surface area contributed by atoms with Crippen LogP contribution in [0.4, 0.5) is 0 Å². The van der Waals surface area contributed by atoms with Crippen molar-refractivity contribution in [1.29, 1.82) is 0 Å². The minimum atomic E-state index is -1.28. The van der Waals surface area contributed by atoms with Crippen LogP contribution in [0.5, 0.6) is 11.5 Å². The molecule has 0 unspecified atom stereocenters. The lowest BCUT2D eigenvalue weighted by molar-refractivity contribution is -0.141. The number of unbranched alkanes of at least 4 members (excludes halogenated alkanes) is 1. The fourth-order valence-electron chi connectivity index (χ4n) is 5.18. The minimum Gasteiger partial charge on any atom is -0.508 e. The maximum Gasteiger partial charge on any atom is 0.325 e. The Bertz CT molecular complexity index is 1530. The number of phenolic OH excluding ortho intramolecular Hbond substituents is 2. The Morgan fingerprint density at radius 2 is 1.02 bits per heavy atom. The first-order valence-corrected chi connectivity index (χ1v) is 17.7. The van der Waals surface area contributed by atoms with Crippen molar-refractivity contribution in [2.45, 2.75) is 103 Å². The Morgan fingerprint density at radius 3 is 1.45 bits per heavy atom. The summed E-state index contributed by atoms with van der Waals surface area (Å²) in [7, 11) is 0. The molecular formula is C37H55N7O9. The van der Waals surface area contributed by atoms with Crippen molar-refractivity contribution < 1.29 is 44.1 Å². The van der Waals surface area contributed by atoms with Crippen LogP contribution in [0.2, 0.25) is 0 Å². The Labute approximate surface area is 309 Å². The van der Waals surface area contributed by atoms with Crippen molar-refractivity contribution in [3.63, 3.8) is 0 Å². The standard InChI is InChI=1S/C37H55N7O9/c1-20(2)30(39)35(50)42-29(19-24-11-15-26(46)16-12-24)34(49)41-27(8-6-7-17-38)32(47)44-31(21(3)4)36(51)43-28(33(48)40-22(5)37(52)53)18-23-9-13-25(45)14-10-23/h9-16,20-22,27-31,45-46H,6-8,17-19,38-39H2,1-5H3,(H,40,48)(H,41,49)(H,42,50)(H,43,51)(H,44,47)(H,52,53)/t22-,27+,28+,29+,30+,31+/m1/s1. The first-order valence-electron chi connectivity index (χ1n) is 17.7. The van der Waals surface area contributed by atoms with Crippen LogP contribution in [0.3, 0.4) is 0 Å². The number of hydrogen-bond acceptors (Lipinski definition) is 10. The highest BCUT2D eigenvalue weighted by Gasteiger charge is 2.34. The molecule has 2 rings (SSSR count). The van der Waals surface area contributed by atoms with Crippen LogP contribution in [0.15, 0.2) is 48.5 Å². The van der Waals surface area contributed by atoms with Crippen molar-refractivity contribution >= 4 is 35.5 Å². The van der Waals surface area contributed by atoms with Gasteiger partial charge in [0.25, 0.3) is 0 Å². The number of carboxylic acids is 1. The molecule has 0 spiro atoms. The fourth-order valence-corrected chi connectivity index (χ4v) is 5.18. The number of amides is 5. The maximum atomic E-state index is 13.9. The molecule has 2 aromatic carbocycles. The van der Waals surface area contributed by atoms with E-state index in [0.717, 1.165) is 0 Å². The quantitative estimate of drug-likeness (QED) is 0.0771. The van der Waals surface area contributed by atoms with Gasteiger partial charge in [0.2, 0.25) is 29.5 Å². The van der Waals surface area contributed by atoms with Gasteiger partial charge in [-0.2, -0.15) is 0 Å². The topological polar surface area (TPSA) is 275 Å². The summed E-state index contributed by atoms with van der Waals surface area (Å²) in [6, 6.07) is 5.05. The highest BCUT2D eigenvalue weighted by atomic mass is 16.4. The van der Waals surface area contributed by atoms with E-state index in [-0.39, 0.29) is 36.7 Å². The Hall–Kier alpha value is -5.22. The number of benzene rings is 2. The van der Waals surface area contributed by atoms with E-state index in [1.807, 2.05) is 0 Å². The average molecular weight is 742 g/mol. The first kappa shape index (κ1) is 43.9. The summed E-state index contributed by atoms with van der Waals surface area (Å²) in [5, 5.41) is 41.8. The van der Waals surface area contributed by atoms with Crippen LogP contribution >= 0.6 is 0 Å². The van der Waals surface area contributed by atoms with Gasteiger partial charge < -0.3 is 53.4 Å². The molecule has 0 aromatic heterocycles. The van der Waals surface area contributed by atoms with Crippen LogP contribution in [0.1, 0.15) is 65.0 Å². The lowest BCUT2D eigenvalue weighted by Crippen LogP contribution is -2.60. The molecule has 5 amide bonds. The molecule has 0 aliphatic rings. The fraction of sp³-hybridized carbons (Fsp3) is 0.514. The predicted octanol–water partition coefficient (Wildman–Crippen LogP) is 0.180. The van der Waals surface area contributed by atoms with E-state index in [4.69, 9.17) is 11.5 Å². The van der Waals surface area contributed by atoms with Crippen molar-refractivity contribution in [2.24, 2.45) is 23.3 Å². The molecule has 12 N–H and O–H groups in total. The van der Waals surface area contributed by atoms with Crippen molar-refractivity contribution in [2.75, 3.05) is 6.54 Å². The normalized spacial score (nSPS) is 14.6. The van der Waals surface area contributed by atoms with Crippen LogP contribution < -0.4 is 38.1 Å². The van der Waals surface area contributed by atoms with Gasteiger partial charge in [0, 0.05) is 12.8 Å². The highest BCUT2D eigenvalue weighted by Crippen LogP contribution is 2.15. The van der Waals surface area contributed by atoms with Gasteiger partial charge in [0.05, 0.1) is 6.04 Å². The molecule has 0 bridgehead atoms. The zero-order valence-corrected chi connectivity index (χ0v) is 30.9. The van der Waals surface area contributed by atoms with E-state index in [0.29, 0.717) is 30.5 Å². The third-order valence-electron chi connectivity index (χ3n) is 8.60. The summed E-state index contributed by atoms with van der Waals surface area (Å²) in [5.41, 5.74) is 12.9. The van der Waals surface area contributed by atoms with Gasteiger partial charge in [-0.1, -0.05) is 52.0 Å². The molecule has 0 heterocycles. The number of carbonyl (C=O) groups is 6. The summed E-state index contributed by atoms with van der Waals surface area (Å²) < 4.78 is 0. The molecule has 0 fully saturated rings. The SMILES string of the molecule is CC(C)[C@H](N)C(=O)N[C@@H](Cc1ccc(O)cc1)C(=O)N[C@@H](CCCCN)C(=O)N[C@H](C(=O)N[C@@H](Cc1ccc(O)cc1)C(=O)N[C@H](C)C(=O)O)C(C)C. The van der Waals surface area contributed by atoms with E-state index in [9.17, 15) is 44.1 Å². The molecule has 6 atom stereocenters. The smallest absolute Gasteiger partial charge is 0.325 e. The molecular weight excluding hydrogens is 686 g/mol. The number of aliphatic carboxylic acids is 1. The van der Waals surface area contributed by atoms with Gasteiger partial charge in [0.1, 0.15) is 41.7 Å². The largest absolute Gasteiger partial charge is 0.508 e. The molecule has 0 aliphatic heterocycles. The molecule has 292 valence electrons. The molecule has 0 saturated heterocycles. The number of aromatic hydroxyl groups is 2. The van der Waals surface area contributed by atoms with Gasteiger partial charge in [-0.25, -0.2) is 0 Å². The number of phenols is 2. The monoisotopic (exact) mass is 741 g/mol. The Morgan fingerprint density at radius 1 is 0.585 bits per heavy atom. The van der Waals surface area contributed by atoms with Crippen LogP contribution in [-0.4, -0.2) is 93.6 Å². The number of carbonyl (C=O) groups excluding carboxylic acids is 5. The number of hydrogen-bond donors (Lipinski definition) is 10. The van der Waals surface area contributed by atoms with E-state index in [1.165, 1.54) is 31.2 Å². The van der Waals surface area contributed by atoms with Gasteiger partial charge in [-0.15, -0.1) is 0 Å². The third-order valence-corrected chi connectivity index (χ3v) is 8.60. The van der Waals surface area contributed by atoms with Gasteiger partial charge in [-0.05, 0) is 80.0 Å². The first-order chi connectivity index (χ1) is 24.9. The van der Waals surface area contributed by atoms with Gasteiger partial charge in [-0.3, -0.25) is 28.8 Å². The molecule has 0 aliphatic carbocycles. The second-order valence-electron chi connectivity index (χ2n) is 13.8. The zero-order valence-electron chi connectivity index (χ0n) is 30.9. The molecule has 0 saturated carbocycles. The van der Waals surface area contributed by atoms with Crippen molar-refractivity contribution in [1.82, 2.24) is 26.6 Å². The second kappa shape index (κ2) is 21.3. The summed E-state index contributed by atoms with van der Waals surface area (Å²) in [4.78, 5) is 79.0. The number of nitrogens with two attached hydrogens (primary N) is 2. The van der Waals surface area contributed by atoms with Crippen molar-refractivity contribution in [3.8, 4) is 11.5 Å². The Balaban J connectivity index is 2.34. The summed E-state index contributed by atoms with van der Waals surface area (Å²) in [6.07, 6.45) is 1.08. The Kier molecular flexibility index (Phi) is 17.7. The van der Waals surface area contributed by atoms with E-state index < -0.39 is 77.7 Å². The zero-order chi connectivity index (χ0) is 39.8. The lowest BCUT2D eigenvalue weighted by atomic mass is 9.99. The van der Waals surface area contributed by atoms with Crippen LogP contribution in [-0.2, 0) is 41.6 Å². The van der Waals surface area contributed by atoms with Crippen LogP contribution in [0.25, 0.3) is 0 Å². The summed E-state index contributed by atoms with van der Waals surface area (Å²) in [5.74, 6) is -5.47. The molecule has 53 heavy (non-hydrogen) atoms. The molecule has 16 nitrogen and oxygen atoms in total. The van der Waals surface area contributed by atoms with E-state index in [2.05, 4.69) is 26.6 Å². The summed E-state index contributed by atoms with van der Waals surface area (Å²) >= 11 is 0. The van der Waals surface area contributed by atoms with Crippen molar-refractivity contribution in [3.05, 3.63) is 59.7 Å². The molecule has 0 radical (unpaired) electrons. The van der Waals surface area contributed by atoms with Crippen LogP contribution in [0, 0.1) is 11.8 Å². The van der Waals surface area contributed by atoms with E-state index >= 15 is 0 Å². The maximum absolute atomic E-state index is 13.9. The number of rotatable bonds is 21. The number of nitrogens with one attached hydrogen (secondary N) is 5. The summed E-state index contributed by atoms with van der Waals surface area (Å²) in [6.45, 7) is 8.48. The predicted molar refractivity (Wildman–Crippen MR) is 197 cm³/mol. The third kappa shape index (κ3) is 14.7.